The predicted octanol–water partition coefficient (Wildman–Crippen LogP) is 2.44. The van der Waals surface area contributed by atoms with Crippen LogP contribution in [-0.4, -0.2) is 16.9 Å². The summed E-state index contributed by atoms with van der Waals surface area (Å²) in [4.78, 5) is 4.42. The number of ether oxygens (including phenoxy) is 2. The molecule has 2 N–H and O–H groups in total. The van der Waals surface area contributed by atoms with Crippen molar-refractivity contribution in [3.63, 3.8) is 0 Å². The van der Waals surface area contributed by atoms with E-state index in [9.17, 15) is 0 Å². The van der Waals surface area contributed by atoms with Crippen molar-refractivity contribution in [2.24, 2.45) is 5.73 Å². The first-order chi connectivity index (χ1) is 9.66. The third kappa shape index (κ3) is 2.02. The molecule has 0 atom stereocenters. The number of nitrogens with zero attached hydrogens (tertiary/aromatic N) is 2. The molecule has 0 spiro atoms. The Morgan fingerprint density at radius 2 is 1.95 bits per heavy atom. The Bertz CT molecular complexity index is 620. The summed E-state index contributed by atoms with van der Waals surface area (Å²) >= 11 is 0. The van der Waals surface area contributed by atoms with E-state index in [-0.39, 0.29) is 6.79 Å². The van der Waals surface area contributed by atoms with Gasteiger partial charge in [-0.3, -0.25) is 0 Å². The molecule has 0 radical (unpaired) electrons. The summed E-state index contributed by atoms with van der Waals surface area (Å²) in [6.45, 7) is 4.27. The van der Waals surface area contributed by atoms with E-state index in [0.717, 1.165) is 24.2 Å². The second-order valence-electron chi connectivity index (χ2n) is 4.85. The summed E-state index contributed by atoms with van der Waals surface area (Å²) in [5.41, 5.74) is 6.52. The Morgan fingerprint density at radius 3 is 2.70 bits per heavy atom. The van der Waals surface area contributed by atoms with Crippen LogP contribution < -0.4 is 15.2 Å². The van der Waals surface area contributed by atoms with Crippen LogP contribution in [0.15, 0.2) is 22.7 Å². The fraction of sp³-hybridized carbons (Fsp3) is 0.429. The van der Waals surface area contributed by atoms with Crippen molar-refractivity contribution in [1.29, 1.82) is 0 Å². The molecule has 1 aliphatic rings. The number of hydrogen-bond donors (Lipinski definition) is 1. The van der Waals surface area contributed by atoms with Crippen LogP contribution in [0.4, 0.5) is 0 Å². The van der Waals surface area contributed by atoms with Crippen molar-refractivity contribution in [2.75, 3.05) is 6.79 Å². The Morgan fingerprint density at radius 1 is 1.20 bits per heavy atom. The average Bonchev–Trinajstić information content (AvgIpc) is 3.14. The predicted molar refractivity (Wildman–Crippen MR) is 72.3 cm³/mol. The standard InChI is InChI=1S/C14H17N3O3/c1-3-14(15,4-2)13-16-12(20-17-13)9-5-6-10-11(7-9)19-8-18-10/h5-7H,3-4,8,15H2,1-2H3. The van der Waals surface area contributed by atoms with Crippen LogP contribution in [0, 0.1) is 0 Å². The summed E-state index contributed by atoms with van der Waals surface area (Å²) in [6.07, 6.45) is 1.51. The van der Waals surface area contributed by atoms with Crippen LogP contribution in [0.2, 0.25) is 0 Å². The maximum atomic E-state index is 6.27. The molecule has 106 valence electrons. The molecule has 1 aromatic heterocycles. The fourth-order valence-electron chi connectivity index (χ4n) is 2.14. The van der Waals surface area contributed by atoms with Crippen LogP contribution >= 0.6 is 0 Å². The molecule has 0 aliphatic carbocycles. The van der Waals surface area contributed by atoms with Gasteiger partial charge in [0, 0.05) is 5.56 Å². The number of benzene rings is 1. The highest BCUT2D eigenvalue weighted by atomic mass is 16.7. The number of fused-ring (bicyclic) bond motifs is 1. The fourth-order valence-corrected chi connectivity index (χ4v) is 2.14. The van der Waals surface area contributed by atoms with Gasteiger partial charge in [0.2, 0.25) is 6.79 Å². The van der Waals surface area contributed by atoms with Gasteiger partial charge in [-0.05, 0) is 31.0 Å². The molecule has 0 bridgehead atoms. The van der Waals surface area contributed by atoms with Gasteiger partial charge >= 0.3 is 0 Å². The molecule has 1 aromatic carbocycles. The van der Waals surface area contributed by atoms with Crippen molar-refractivity contribution in [3.05, 3.63) is 24.0 Å². The van der Waals surface area contributed by atoms with Gasteiger partial charge in [0.05, 0.1) is 5.54 Å². The van der Waals surface area contributed by atoms with Gasteiger partial charge in [-0.2, -0.15) is 4.98 Å². The van der Waals surface area contributed by atoms with E-state index in [4.69, 9.17) is 19.7 Å². The lowest BCUT2D eigenvalue weighted by molar-refractivity contribution is 0.174. The van der Waals surface area contributed by atoms with Gasteiger partial charge in [-0.25, -0.2) is 0 Å². The zero-order chi connectivity index (χ0) is 14.2. The zero-order valence-electron chi connectivity index (χ0n) is 11.5. The Balaban J connectivity index is 1.94. The maximum absolute atomic E-state index is 6.27. The first kappa shape index (κ1) is 12.9. The second kappa shape index (κ2) is 4.79. The molecule has 0 unspecified atom stereocenters. The van der Waals surface area contributed by atoms with Crippen molar-refractivity contribution in [3.8, 4) is 23.0 Å². The van der Waals surface area contributed by atoms with E-state index >= 15 is 0 Å². The van der Waals surface area contributed by atoms with Crippen LogP contribution in [0.3, 0.4) is 0 Å². The monoisotopic (exact) mass is 275 g/mol. The number of hydrogen-bond acceptors (Lipinski definition) is 6. The van der Waals surface area contributed by atoms with Crippen LogP contribution in [0.1, 0.15) is 32.5 Å². The van der Waals surface area contributed by atoms with Crippen molar-refractivity contribution >= 4 is 0 Å². The molecule has 0 saturated carbocycles. The smallest absolute Gasteiger partial charge is 0.258 e. The molecule has 20 heavy (non-hydrogen) atoms. The molecule has 2 heterocycles. The normalized spacial score (nSPS) is 13.8. The largest absolute Gasteiger partial charge is 0.454 e. The number of nitrogens with two attached hydrogens (primary N) is 1. The lowest BCUT2D eigenvalue weighted by atomic mass is 9.93. The molecule has 0 fully saturated rings. The number of rotatable bonds is 4. The summed E-state index contributed by atoms with van der Waals surface area (Å²) in [6, 6.07) is 5.52. The Hall–Kier alpha value is -2.08. The minimum atomic E-state index is -0.544. The molecular formula is C14H17N3O3. The van der Waals surface area contributed by atoms with Crippen molar-refractivity contribution in [1.82, 2.24) is 10.1 Å². The molecule has 3 rings (SSSR count). The topological polar surface area (TPSA) is 83.4 Å². The first-order valence-corrected chi connectivity index (χ1v) is 6.69. The van der Waals surface area contributed by atoms with Crippen LogP contribution in [0.25, 0.3) is 11.5 Å². The lowest BCUT2D eigenvalue weighted by Gasteiger charge is -2.21. The van der Waals surface area contributed by atoms with Gasteiger partial charge in [0.1, 0.15) is 0 Å². The van der Waals surface area contributed by atoms with E-state index in [1.165, 1.54) is 0 Å². The first-order valence-electron chi connectivity index (χ1n) is 6.69. The van der Waals surface area contributed by atoms with E-state index in [2.05, 4.69) is 10.1 Å². The van der Waals surface area contributed by atoms with Gasteiger partial charge in [-0.1, -0.05) is 19.0 Å². The van der Waals surface area contributed by atoms with Gasteiger partial charge in [0.15, 0.2) is 17.3 Å². The molecule has 1 aliphatic heterocycles. The third-order valence-corrected chi connectivity index (χ3v) is 3.75. The van der Waals surface area contributed by atoms with Gasteiger partial charge in [-0.15, -0.1) is 0 Å². The van der Waals surface area contributed by atoms with E-state index in [0.29, 0.717) is 17.5 Å². The minimum Gasteiger partial charge on any atom is -0.454 e. The molecule has 2 aromatic rings. The zero-order valence-corrected chi connectivity index (χ0v) is 11.5. The second-order valence-corrected chi connectivity index (χ2v) is 4.85. The molecule has 6 nitrogen and oxygen atoms in total. The number of aromatic nitrogens is 2. The summed E-state index contributed by atoms with van der Waals surface area (Å²) < 4.78 is 15.9. The van der Waals surface area contributed by atoms with Crippen molar-refractivity contribution in [2.45, 2.75) is 32.2 Å². The van der Waals surface area contributed by atoms with Crippen molar-refractivity contribution < 1.29 is 14.0 Å². The molecule has 0 amide bonds. The molecule has 0 saturated heterocycles. The summed E-state index contributed by atoms with van der Waals surface area (Å²) in [5, 5.41) is 4.02. The minimum absolute atomic E-state index is 0.242. The summed E-state index contributed by atoms with van der Waals surface area (Å²) in [7, 11) is 0. The average molecular weight is 275 g/mol. The molecule has 6 heteroatoms. The van der Waals surface area contributed by atoms with E-state index in [1.54, 1.807) is 0 Å². The van der Waals surface area contributed by atoms with Crippen LogP contribution in [0.5, 0.6) is 11.5 Å². The highest BCUT2D eigenvalue weighted by molar-refractivity contribution is 5.60. The SMILES string of the molecule is CCC(N)(CC)c1noc(-c2ccc3c(c2)OCO3)n1. The summed E-state index contributed by atoms with van der Waals surface area (Å²) in [5.74, 6) is 2.39. The van der Waals surface area contributed by atoms with E-state index in [1.807, 2.05) is 32.0 Å². The quantitative estimate of drug-likeness (QED) is 0.922. The third-order valence-electron chi connectivity index (χ3n) is 3.75. The van der Waals surface area contributed by atoms with Gasteiger partial charge in [0.25, 0.3) is 5.89 Å². The Kier molecular flexibility index (Phi) is 3.10. The molecular weight excluding hydrogens is 258 g/mol. The van der Waals surface area contributed by atoms with E-state index < -0.39 is 5.54 Å². The lowest BCUT2D eigenvalue weighted by Crippen LogP contribution is -2.36. The Labute approximate surface area is 116 Å². The highest BCUT2D eigenvalue weighted by Gasteiger charge is 2.29. The van der Waals surface area contributed by atoms with Gasteiger partial charge < -0.3 is 19.7 Å². The maximum Gasteiger partial charge on any atom is 0.258 e. The van der Waals surface area contributed by atoms with Crippen LogP contribution in [-0.2, 0) is 5.54 Å². The highest BCUT2D eigenvalue weighted by Crippen LogP contribution is 2.36.